The Labute approximate surface area is 140 Å². The molecule has 1 heterocycles. The van der Waals surface area contributed by atoms with Gasteiger partial charge in [-0.1, -0.05) is 41.4 Å². The number of aromatic nitrogens is 1. The van der Waals surface area contributed by atoms with E-state index in [1.54, 1.807) is 18.2 Å². The number of nitrogens with zero attached hydrogens (tertiary/aromatic N) is 2. The summed E-state index contributed by atoms with van der Waals surface area (Å²) in [6.45, 7) is 0. The summed E-state index contributed by atoms with van der Waals surface area (Å²) >= 11 is 11.4. The molecule has 3 N–H and O–H groups in total. The minimum atomic E-state index is -1.09. The number of anilines is 1. The van der Waals surface area contributed by atoms with Gasteiger partial charge in [-0.3, -0.25) is 0 Å². The van der Waals surface area contributed by atoms with E-state index in [1.165, 1.54) is 24.4 Å². The molecule has 0 aliphatic heterocycles. The van der Waals surface area contributed by atoms with Gasteiger partial charge < -0.3 is 10.4 Å². The van der Waals surface area contributed by atoms with Crippen LogP contribution in [0.4, 0.5) is 10.5 Å². The van der Waals surface area contributed by atoms with E-state index in [-0.39, 0.29) is 15.9 Å². The standard InChI is InChI=1S/C14H10Cl2N4O3/c15-11-5-9(6-12(16)19-11)18-14(23)20-17-7-8-3-1-2-4-10(8)13(21)22/h1-7H,(H,21,22)(H2,18,19,20,23)/b17-7+. The number of carboxylic acid groups (broad SMARTS) is 1. The largest absolute Gasteiger partial charge is 0.478 e. The molecule has 0 spiro atoms. The number of aromatic carboxylic acids is 1. The lowest BCUT2D eigenvalue weighted by Gasteiger charge is -2.05. The summed E-state index contributed by atoms with van der Waals surface area (Å²) in [4.78, 5) is 26.5. The summed E-state index contributed by atoms with van der Waals surface area (Å²) in [6, 6.07) is 8.44. The van der Waals surface area contributed by atoms with E-state index >= 15 is 0 Å². The van der Waals surface area contributed by atoms with Crippen LogP contribution in [0.5, 0.6) is 0 Å². The smallest absolute Gasteiger partial charge is 0.339 e. The van der Waals surface area contributed by atoms with Crippen LogP contribution in [0.25, 0.3) is 0 Å². The number of nitrogens with one attached hydrogen (secondary N) is 2. The number of carbonyl (C=O) groups excluding carboxylic acids is 1. The van der Waals surface area contributed by atoms with Crippen molar-refractivity contribution in [2.75, 3.05) is 5.32 Å². The minimum Gasteiger partial charge on any atom is -0.478 e. The maximum Gasteiger partial charge on any atom is 0.339 e. The minimum absolute atomic E-state index is 0.0751. The highest BCUT2D eigenvalue weighted by Crippen LogP contribution is 2.18. The van der Waals surface area contributed by atoms with E-state index in [1.807, 2.05) is 0 Å². The first-order chi connectivity index (χ1) is 11.0. The molecule has 0 aliphatic rings. The third-order valence-electron chi connectivity index (χ3n) is 2.58. The maximum atomic E-state index is 11.7. The van der Waals surface area contributed by atoms with Crippen LogP contribution in [-0.4, -0.2) is 28.3 Å². The van der Waals surface area contributed by atoms with Gasteiger partial charge in [0, 0.05) is 11.3 Å². The second-order valence-corrected chi connectivity index (χ2v) is 4.99. The van der Waals surface area contributed by atoms with Gasteiger partial charge in [0.1, 0.15) is 10.3 Å². The molecule has 7 nitrogen and oxygen atoms in total. The van der Waals surface area contributed by atoms with E-state index in [0.29, 0.717) is 11.3 Å². The zero-order valence-electron chi connectivity index (χ0n) is 11.5. The molecule has 2 aromatic rings. The van der Waals surface area contributed by atoms with Gasteiger partial charge in [-0.15, -0.1) is 0 Å². The Morgan fingerprint density at radius 2 is 1.83 bits per heavy atom. The van der Waals surface area contributed by atoms with E-state index in [0.717, 1.165) is 0 Å². The van der Waals surface area contributed by atoms with Gasteiger partial charge in [-0.25, -0.2) is 20.0 Å². The van der Waals surface area contributed by atoms with Crippen molar-refractivity contribution in [2.45, 2.75) is 0 Å². The van der Waals surface area contributed by atoms with Crippen LogP contribution in [0.3, 0.4) is 0 Å². The van der Waals surface area contributed by atoms with Crippen molar-refractivity contribution >= 4 is 47.1 Å². The second-order valence-electron chi connectivity index (χ2n) is 4.22. The quantitative estimate of drug-likeness (QED) is 0.446. The summed E-state index contributed by atoms with van der Waals surface area (Å²) in [5.74, 6) is -1.09. The van der Waals surface area contributed by atoms with Crippen LogP contribution < -0.4 is 10.7 Å². The molecule has 118 valence electrons. The van der Waals surface area contributed by atoms with Crippen LogP contribution in [-0.2, 0) is 0 Å². The summed E-state index contributed by atoms with van der Waals surface area (Å²) in [5, 5.41) is 15.4. The molecule has 2 amide bonds. The number of carboxylic acids is 1. The highest BCUT2D eigenvalue weighted by Gasteiger charge is 2.07. The lowest BCUT2D eigenvalue weighted by atomic mass is 10.1. The number of urea groups is 1. The van der Waals surface area contributed by atoms with Crippen molar-refractivity contribution in [3.8, 4) is 0 Å². The van der Waals surface area contributed by atoms with Gasteiger partial charge in [0.25, 0.3) is 0 Å². The first-order valence-electron chi connectivity index (χ1n) is 6.21. The molecule has 0 saturated heterocycles. The number of pyridine rings is 1. The van der Waals surface area contributed by atoms with E-state index in [9.17, 15) is 9.59 Å². The number of benzene rings is 1. The monoisotopic (exact) mass is 352 g/mol. The van der Waals surface area contributed by atoms with Crippen LogP contribution in [0.2, 0.25) is 10.3 Å². The summed E-state index contributed by atoms with van der Waals surface area (Å²) in [5.41, 5.74) is 2.98. The van der Waals surface area contributed by atoms with Crippen molar-refractivity contribution in [2.24, 2.45) is 5.10 Å². The van der Waals surface area contributed by atoms with Gasteiger partial charge in [-0.05, 0) is 18.2 Å². The van der Waals surface area contributed by atoms with E-state index in [2.05, 4.69) is 20.8 Å². The molecule has 0 radical (unpaired) electrons. The SMILES string of the molecule is O=C(N/N=C/c1ccccc1C(=O)O)Nc1cc(Cl)nc(Cl)c1. The Hall–Kier alpha value is -2.64. The Morgan fingerprint density at radius 3 is 2.48 bits per heavy atom. The molecule has 23 heavy (non-hydrogen) atoms. The maximum absolute atomic E-state index is 11.7. The summed E-state index contributed by atoms with van der Waals surface area (Å²) < 4.78 is 0. The topological polar surface area (TPSA) is 104 Å². The number of hydrogen-bond donors (Lipinski definition) is 3. The number of carbonyl (C=O) groups is 2. The van der Waals surface area contributed by atoms with Gasteiger partial charge >= 0.3 is 12.0 Å². The first kappa shape index (κ1) is 16.7. The average Bonchev–Trinajstić information content (AvgIpc) is 2.46. The van der Waals surface area contributed by atoms with Gasteiger partial charge in [0.05, 0.1) is 11.8 Å². The van der Waals surface area contributed by atoms with E-state index < -0.39 is 12.0 Å². The molecule has 0 fully saturated rings. The summed E-state index contributed by atoms with van der Waals surface area (Å²) in [6.07, 6.45) is 1.23. The number of rotatable bonds is 4. The molecule has 0 atom stereocenters. The Balaban J connectivity index is 2.00. The molecular formula is C14H10Cl2N4O3. The number of hydrazone groups is 1. The van der Waals surface area contributed by atoms with E-state index in [4.69, 9.17) is 28.3 Å². The molecule has 2 rings (SSSR count). The number of hydrogen-bond acceptors (Lipinski definition) is 4. The third-order valence-corrected chi connectivity index (χ3v) is 2.97. The normalized spacial score (nSPS) is 10.5. The van der Waals surface area contributed by atoms with Crippen LogP contribution >= 0.6 is 23.2 Å². The molecule has 0 aliphatic carbocycles. The van der Waals surface area contributed by atoms with Gasteiger partial charge in [0.2, 0.25) is 0 Å². The zero-order valence-corrected chi connectivity index (χ0v) is 13.0. The molecule has 1 aromatic carbocycles. The molecule has 0 bridgehead atoms. The fourth-order valence-electron chi connectivity index (χ4n) is 1.66. The molecular weight excluding hydrogens is 343 g/mol. The van der Waals surface area contributed by atoms with Crippen LogP contribution in [0.15, 0.2) is 41.5 Å². The Bertz CT molecular complexity index is 760. The Morgan fingerprint density at radius 1 is 1.17 bits per heavy atom. The lowest BCUT2D eigenvalue weighted by Crippen LogP contribution is -2.24. The molecule has 1 aromatic heterocycles. The fraction of sp³-hybridized carbons (Fsp3) is 0. The van der Waals surface area contributed by atoms with Crippen molar-refractivity contribution in [3.05, 3.63) is 57.8 Å². The Kier molecular flexibility index (Phi) is 5.51. The van der Waals surface area contributed by atoms with Crippen molar-refractivity contribution in [3.63, 3.8) is 0 Å². The molecule has 0 saturated carbocycles. The van der Waals surface area contributed by atoms with Gasteiger partial charge in [0.15, 0.2) is 0 Å². The van der Waals surface area contributed by atoms with Crippen molar-refractivity contribution in [1.82, 2.24) is 10.4 Å². The number of amides is 2. The summed E-state index contributed by atoms with van der Waals surface area (Å²) in [7, 11) is 0. The first-order valence-corrected chi connectivity index (χ1v) is 6.97. The molecule has 9 heteroatoms. The van der Waals surface area contributed by atoms with Crippen LogP contribution in [0, 0.1) is 0 Å². The van der Waals surface area contributed by atoms with Crippen molar-refractivity contribution < 1.29 is 14.7 Å². The predicted molar refractivity (Wildman–Crippen MR) is 87.4 cm³/mol. The van der Waals surface area contributed by atoms with Crippen molar-refractivity contribution in [1.29, 1.82) is 0 Å². The average molecular weight is 353 g/mol. The third kappa shape index (κ3) is 4.94. The molecule has 0 unspecified atom stereocenters. The lowest BCUT2D eigenvalue weighted by molar-refractivity contribution is 0.0696. The van der Waals surface area contributed by atoms with Crippen LogP contribution in [0.1, 0.15) is 15.9 Å². The number of halogens is 2. The fourth-order valence-corrected chi connectivity index (χ4v) is 2.12. The predicted octanol–water partition coefficient (Wildman–Crippen LogP) is 3.24. The van der Waals surface area contributed by atoms with Gasteiger partial charge in [-0.2, -0.15) is 5.10 Å². The second kappa shape index (κ2) is 7.57. The highest BCUT2D eigenvalue weighted by atomic mass is 35.5. The zero-order chi connectivity index (χ0) is 16.8. The highest BCUT2D eigenvalue weighted by molar-refractivity contribution is 6.32.